The van der Waals surface area contributed by atoms with E-state index in [9.17, 15) is 16.8 Å². The average Bonchev–Trinajstić information content (AvgIpc) is 2.95. The van der Waals surface area contributed by atoms with Crippen LogP contribution in [0.3, 0.4) is 0 Å². The fourth-order valence-electron chi connectivity index (χ4n) is 2.70. The maximum Gasteiger partial charge on any atom is 0.267 e. The summed E-state index contributed by atoms with van der Waals surface area (Å²) in [5, 5.41) is 3.63. The predicted molar refractivity (Wildman–Crippen MR) is 92.8 cm³/mol. The SMILES string of the molecule is Cc1noc(C)c1S(=O)(=O)Nc1ccc(S(=O)(=O)N2CCOCC2)cc1. The zero-order valence-electron chi connectivity index (χ0n) is 14.3. The molecule has 3 rings (SSSR count). The number of nitrogens with one attached hydrogen (secondary N) is 1. The molecule has 0 aliphatic carbocycles. The molecular formula is C15H19N3O6S2. The van der Waals surface area contributed by atoms with Crippen LogP contribution in [-0.4, -0.2) is 52.6 Å². The Kier molecular flexibility index (Phi) is 5.06. The molecule has 11 heteroatoms. The third kappa shape index (κ3) is 3.61. The highest BCUT2D eigenvalue weighted by atomic mass is 32.2. The fourth-order valence-corrected chi connectivity index (χ4v) is 5.49. The summed E-state index contributed by atoms with van der Waals surface area (Å²) in [7, 11) is -7.51. The molecule has 2 aromatic rings. The number of rotatable bonds is 5. The van der Waals surface area contributed by atoms with E-state index in [4.69, 9.17) is 9.26 Å². The molecule has 0 bridgehead atoms. The molecule has 0 unspecified atom stereocenters. The lowest BCUT2D eigenvalue weighted by Crippen LogP contribution is -2.40. The van der Waals surface area contributed by atoms with Crippen LogP contribution < -0.4 is 4.72 Å². The summed E-state index contributed by atoms with van der Waals surface area (Å²) < 4.78 is 63.9. The molecule has 142 valence electrons. The van der Waals surface area contributed by atoms with Crippen LogP contribution in [0, 0.1) is 13.8 Å². The fraction of sp³-hybridized carbons (Fsp3) is 0.400. The van der Waals surface area contributed by atoms with Crippen molar-refractivity contribution < 1.29 is 26.1 Å². The second-order valence-electron chi connectivity index (χ2n) is 5.80. The van der Waals surface area contributed by atoms with Gasteiger partial charge in [0.05, 0.1) is 18.1 Å². The van der Waals surface area contributed by atoms with Gasteiger partial charge in [0.15, 0.2) is 10.7 Å². The highest BCUT2D eigenvalue weighted by Gasteiger charge is 2.27. The van der Waals surface area contributed by atoms with Crippen molar-refractivity contribution in [3.05, 3.63) is 35.7 Å². The van der Waals surface area contributed by atoms with Crippen LogP contribution in [0.1, 0.15) is 11.5 Å². The zero-order valence-corrected chi connectivity index (χ0v) is 15.9. The summed E-state index contributed by atoms with van der Waals surface area (Å²) >= 11 is 0. The minimum Gasteiger partial charge on any atom is -0.379 e. The van der Waals surface area contributed by atoms with Gasteiger partial charge < -0.3 is 9.26 Å². The smallest absolute Gasteiger partial charge is 0.267 e. The van der Waals surface area contributed by atoms with Crippen molar-refractivity contribution in [1.82, 2.24) is 9.46 Å². The van der Waals surface area contributed by atoms with Gasteiger partial charge >= 0.3 is 0 Å². The second-order valence-corrected chi connectivity index (χ2v) is 9.36. The van der Waals surface area contributed by atoms with Crippen LogP contribution in [-0.2, 0) is 24.8 Å². The van der Waals surface area contributed by atoms with Gasteiger partial charge in [-0.05, 0) is 38.1 Å². The molecule has 1 aliphatic rings. The second kappa shape index (κ2) is 6.99. The van der Waals surface area contributed by atoms with Crippen LogP contribution in [0.2, 0.25) is 0 Å². The largest absolute Gasteiger partial charge is 0.379 e. The van der Waals surface area contributed by atoms with Gasteiger partial charge in [-0.3, -0.25) is 4.72 Å². The van der Waals surface area contributed by atoms with E-state index in [2.05, 4.69) is 9.88 Å². The first-order chi connectivity index (χ1) is 12.2. The van der Waals surface area contributed by atoms with Gasteiger partial charge in [-0.25, -0.2) is 16.8 Å². The lowest BCUT2D eigenvalue weighted by atomic mass is 10.3. The summed E-state index contributed by atoms with van der Waals surface area (Å²) in [4.78, 5) is 0.0715. The summed E-state index contributed by atoms with van der Waals surface area (Å²) in [6.45, 7) is 4.34. The quantitative estimate of drug-likeness (QED) is 0.797. The number of hydrogen-bond acceptors (Lipinski definition) is 7. The normalized spacial score (nSPS) is 16.5. The van der Waals surface area contributed by atoms with Gasteiger partial charge in [0.2, 0.25) is 10.0 Å². The van der Waals surface area contributed by atoms with Crippen molar-refractivity contribution in [2.45, 2.75) is 23.6 Å². The van der Waals surface area contributed by atoms with E-state index in [1.807, 2.05) is 0 Å². The molecule has 26 heavy (non-hydrogen) atoms. The van der Waals surface area contributed by atoms with Crippen LogP contribution in [0.4, 0.5) is 5.69 Å². The van der Waals surface area contributed by atoms with E-state index in [1.54, 1.807) is 0 Å². The van der Waals surface area contributed by atoms with Gasteiger partial charge in [0.25, 0.3) is 10.0 Å². The van der Waals surface area contributed by atoms with Crippen LogP contribution in [0.5, 0.6) is 0 Å². The molecule has 1 aromatic carbocycles. The number of aryl methyl sites for hydroxylation is 2. The Morgan fingerprint density at radius 3 is 2.19 bits per heavy atom. The lowest BCUT2D eigenvalue weighted by molar-refractivity contribution is 0.0730. The number of nitrogens with zero attached hydrogens (tertiary/aromatic N) is 2. The molecule has 0 amide bonds. The van der Waals surface area contributed by atoms with Gasteiger partial charge in [0, 0.05) is 18.8 Å². The van der Waals surface area contributed by atoms with Gasteiger partial charge in [-0.2, -0.15) is 4.31 Å². The number of morpholine rings is 1. The summed E-state index contributed by atoms with van der Waals surface area (Å²) in [5.74, 6) is 0.182. The number of aromatic nitrogens is 1. The highest BCUT2D eigenvalue weighted by Crippen LogP contribution is 2.24. The zero-order chi connectivity index (χ0) is 18.9. The lowest BCUT2D eigenvalue weighted by Gasteiger charge is -2.26. The van der Waals surface area contributed by atoms with Crippen molar-refractivity contribution in [2.24, 2.45) is 0 Å². The Labute approximate surface area is 152 Å². The van der Waals surface area contributed by atoms with Gasteiger partial charge in [-0.1, -0.05) is 5.16 Å². The van der Waals surface area contributed by atoms with Crippen molar-refractivity contribution in [1.29, 1.82) is 0 Å². The maximum atomic E-state index is 12.6. The van der Waals surface area contributed by atoms with E-state index in [-0.39, 0.29) is 26.9 Å². The van der Waals surface area contributed by atoms with E-state index < -0.39 is 20.0 Å². The first-order valence-corrected chi connectivity index (χ1v) is 10.8. The predicted octanol–water partition coefficient (Wildman–Crippen LogP) is 1.11. The molecular weight excluding hydrogens is 382 g/mol. The summed E-state index contributed by atoms with van der Waals surface area (Å²) in [6.07, 6.45) is 0. The Morgan fingerprint density at radius 2 is 1.65 bits per heavy atom. The van der Waals surface area contributed by atoms with Crippen LogP contribution >= 0.6 is 0 Å². The molecule has 0 radical (unpaired) electrons. The van der Waals surface area contributed by atoms with E-state index >= 15 is 0 Å². The minimum atomic E-state index is -3.88. The average molecular weight is 401 g/mol. The highest BCUT2D eigenvalue weighted by molar-refractivity contribution is 7.92. The number of sulfonamides is 2. The van der Waals surface area contributed by atoms with Crippen molar-refractivity contribution in [3.8, 4) is 0 Å². The van der Waals surface area contributed by atoms with Gasteiger partial charge in [-0.15, -0.1) is 0 Å². The van der Waals surface area contributed by atoms with E-state index in [1.165, 1.54) is 42.4 Å². The van der Waals surface area contributed by atoms with E-state index in [0.29, 0.717) is 26.3 Å². The van der Waals surface area contributed by atoms with Crippen LogP contribution in [0.15, 0.2) is 38.6 Å². The molecule has 1 saturated heterocycles. The molecule has 2 heterocycles. The standard InChI is InChI=1S/C15H19N3O6S2/c1-11-15(12(2)24-16-11)25(19,20)17-13-3-5-14(6-4-13)26(21,22)18-7-9-23-10-8-18/h3-6,17H,7-10H2,1-2H3. The molecule has 1 N–H and O–H groups in total. The Morgan fingerprint density at radius 1 is 1.04 bits per heavy atom. The monoisotopic (exact) mass is 401 g/mol. The topological polar surface area (TPSA) is 119 Å². The summed E-state index contributed by atoms with van der Waals surface area (Å²) in [5.41, 5.74) is 0.493. The minimum absolute atomic E-state index is 0.0254. The third-order valence-electron chi connectivity index (χ3n) is 3.95. The van der Waals surface area contributed by atoms with Crippen LogP contribution in [0.25, 0.3) is 0 Å². The maximum absolute atomic E-state index is 12.6. The molecule has 0 atom stereocenters. The Bertz CT molecular complexity index is 971. The molecule has 0 saturated carbocycles. The van der Waals surface area contributed by atoms with Gasteiger partial charge in [0.1, 0.15) is 5.69 Å². The Hall–Kier alpha value is -1.95. The molecule has 1 aromatic heterocycles. The first kappa shape index (κ1) is 18.8. The molecule has 0 spiro atoms. The van der Waals surface area contributed by atoms with Crippen molar-refractivity contribution in [2.75, 3.05) is 31.0 Å². The first-order valence-electron chi connectivity index (χ1n) is 7.85. The number of hydrogen-bond donors (Lipinski definition) is 1. The third-order valence-corrected chi connectivity index (χ3v) is 7.49. The molecule has 9 nitrogen and oxygen atoms in total. The molecule has 1 fully saturated rings. The number of anilines is 1. The van der Waals surface area contributed by atoms with Crippen molar-refractivity contribution in [3.63, 3.8) is 0 Å². The number of benzene rings is 1. The number of ether oxygens (including phenoxy) is 1. The summed E-state index contributed by atoms with van der Waals surface area (Å²) in [6, 6.07) is 5.55. The Balaban J connectivity index is 1.82. The van der Waals surface area contributed by atoms with Crippen molar-refractivity contribution >= 4 is 25.7 Å². The van der Waals surface area contributed by atoms with E-state index in [0.717, 1.165) is 0 Å². The molecule has 1 aliphatic heterocycles.